The molecular formula is C34H24N5S+. The number of fused-ring (bicyclic) bond motifs is 4. The molecule has 0 saturated carbocycles. The van der Waals surface area contributed by atoms with E-state index in [9.17, 15) is 0 Å². The van der Waals surface area contributed by atoms with Crippen LogP contribution in [0.1, 0.15) is 17.0 Å². The lowest BCUT2D eigenvalue weighted by Crippen LogP contribution is -2.18. The molecule has 0 atom stereocenters. The van der Waals surface area contributed by atoms with Crippen LogP contribution in [0.25, 0.3) is 62.2 Å². The van der Waals surface area contributed by atoms with Gasteiger partial charge in [0, 0.05) is 27.8 Å². The van der Waals surface area contributed by atoms with Crippen molar-refractivity contribution in [1.29, 1.82) is 5.41 Å². The Labute approximate surface area is 237 Å². The minimum absolute atomic E-state index is 0.361. The second kappa shape index (κ2) is 9.59. The third-order valence-electron chi connectivity index (χ3n) is 7.32. The van der Waals surface area contributed by atoms with Gasteiger partial charge in [-0.3, -0.25) is 9.98 Å². The molecule has 1 aliphatic rings. The van der Waals surface area contributed by atoms with Crippen molar-refractivity contribution >= 4 is 58.3 Å². The molecule has 0 amide bonds. The predicted molar refractivity (Wildman–Crippen MR) is 171 cm³/mol. The van der Waals surface area contributed by atoms with Gasteiger partial charge >= 0.3 is 0 Å². The molecule has 0 unspecified atom stereocenters. The van der Waals surface area contributed by atoms with Crippen molar-refractivity contribution in [1.82, 2.24) is 14.5 Å². The zero-order chi connectivity index (χ0) is 27.2. The van der Waals surface area contributed by atoms with Crippen molar-refractivity contribution in [3.63, 3.8) is 0 Å². The van der Waals surface area contributed by atoms with Gasteiger partial charge in [-0.2, -0.15) is 0 Å². The number of para-hydroxylation sites is 2. The average Bonchev–Trinajstić information content (AvgIpc) is 3.39. The van der Waals surface area contributed by atoms with E-state index in [0.29, 0.717) is 11.4 Å². The number of rotatable bonds is 4. The lowest BCUT2D eigenvalue weighted by atomic mass is 9.87. The van der Waals surface area contributed by atoms with Crippen molar-refractivity contribution in [3.05, 3.63) is 127 Å². The highest BCUT2D eigenvalue weighted by atomic mass is 32.1. The van der Waals surface area contributed by atoms with Crippen molar-refractivity contribution in [2.75, 3.05) is 0 Å². The van der Waals surface area contributed by atoms with E-state index < -0.39 is 0 Å². The number of pyridine rings is 1. The number of nitrogens with zero attached hydrogens (tertiary/aromatic N) is 4. The highest BCUT2D eigenvalue weighted by Crippen LogP contribution is 2.36. The number of imidazole rings is 1. The summed E-state index contributed by atoms with van der Waals surface area (Å²) in [5.74, 6) is 0.811. The van der Waals surface area contributed by atoms with Gasteiger partial charge in [-0.25, -0.2) is 9.97 Å². The first-order chi connectivity index (χ1) is 19.7. The molecule has 0 spiro atoms. The Morgan fingerprint density at radius 2 is 1.52 bits per heavy atom. The van der Waals surface area contributed by atoms with Crippen LogP contribution >= 0.6 is 0 Å². The van der Waals surface area contributed by atoms with Gasteiger partial charge in [0.25, 0.3) is 0 Å². The Morgan fingerprint density at radius 3 is 2.30 bits per heavy atom. The maximum absolute atomic E-state index is 8.48. The highest BCUT2D eigenvalue weighted by molar-refractivity contribution is 7.57. The molecule has 7 rings (SSSR count). The fraction of sp³-hybridized carbons (Fsp3) is 0. The number of hydrogen-bond acceptors (Lipinski definition) is 4. The maximum atomic E-state index is 8.48. The quantitative estimate of drug-likeness (QED) is 0.241. The van der Waals surface area contributed by atoms with Gasteiger partial charge in [0.2, 0.25) is 0 Å². The third-order valence-corrected chi connectivity index (χ3v) is 7.54. The van der Waals surface area contributed by atoms with E-state index >= 15 is 0 Å². The topological polar surface area (TPSA) is 66.9 Å². The molecule has 6 heteroatoms. The fourth-order valence-electron chi connectivity index (χ4n) is 5.44. The Balaban J connectivity index is 1.38. The monoisotopic (exact) mass is 534 g/mol. The van der Waals surface area contributed by atoms with Crippen LogP contribution in [0.15, 0.2) is 114 Å². The summed E-state index contributed by atoms with van der Waals surface area (Å²) in [6.45, 7) is 3.96. The lowest BCUT2D eigenvalue weighted by Gasteiger charge is -2.19. The number of allylic oxidation sites excluding steroid dienone is 1. The SMILES string of the molecule is C=Cc1nc2ccccc2n1-c1ccc(-c2ccc3c4c(c(-c5ccccc5)nc3c2)C=CC(=N)C4=N[SH2+])cc1. The molecule has 40 heavy (non-hydrogen) atoms. The van der Waals surface area contributed by atoms with Gasteiger partial charge in [0.1, 0.15) is 11.5 Å². The Hall–Kier alpha value is -5.07. The first-order valence-electron chi connectivity index (χ1n) is 12.9. The number of aromatic nitrogens is 3. The van der Waals surface area contributed by atoms with Gasteiger partial charge in [-0.05, 0) is 59.7 Å². The fourth-order valence-corrected chi connectivity index (χ4v) is 5.68. The van der Waals surface area contributed by atoms with E-state index in [0.717, 1.165) is 67.0 Å². The molecule has 1 aliphatic carbocycles. The molecule has 0 bridgehead atoms. The summed E-state index contributed by atoms with van der Waals surface area (Å²) < 4.78 is 6.43. The van der Waals surface area contributed by atoms with Gasteiger partial charge in [-0.1, -0.05) is 77.7 Å². The van der Waals surface area contributed by atoms with Crippen LogP contribution in [0.4, 0.5) is 0 Å². The molecule has 6 aromatic rings. The van der Waals surface area contributed by atoms with Crippen LogP contribution in [-0.2, 0) is 12.8 Å². The highest BCUT2D eigenvalue weighted by Gasteiger charge is 2.25. The third kappa shape index (κ3) is 3.81. The molecule has 190 valence electrons. The van der Waals surface area contributed by atoms with Gasteiger partial charge < -0.3 is 0 Å². The molecule has 0 saturated heterocycles. The zero-order valence-electron chi connectivity index (χ0n) is 21.5. The Bertz CT molecular complexity index is 2030. The van der Waals surface area contributed by atoms with Crippen LogP contribution in [-0.4, -0.2) is 26.0 Å². The molecule has 2 aromatic heterocycles. The van der Waals surface area contributed by atoms with Gasteiger partial charge in [-0.15, -0.1) is 0 Å². The van der Waals surface area contributed by atoms with Crippen LogP contribution in [0.5, 0.6) is 0 Å². The summed E-state index contributed by atoms with van der Waals surface area (Å²) in [5, 5.41) is 9.44. The number of hydrogen-bond donors (Lipinski definition) is 1. The van der Waals surface area contributed by atoms with E-state index in [1.807, 2.05) is 42.5 Å². The molecule has 4 aromatic carbocycles. The first-order valence-corrected chi connectivity index (χ1v) is 13.4. The summed E-state index contributed by atoms with van der Waals surface area (Å²) in [4.78, 5) is 9.85. The summed E-state index contributed by atoms with van der Waals surface area (Å²) >= 11 is 3.32. The smallest absolute Gasteiger partial charge is 0.147 e. The summed E-state index contributed by atoms with van der Waals surface area (Å²) in [6.07, 6.45) is 5.53. The standard InChI is InChI=1S/C34H23N5S/c1-2-31-36-28-10-6-7-11-30(28)39(31)24-15-12-21(13-16-24)23-14-17-25-29(20-23)37-33(22-8-4-3-5-9-22)26-18-19-27(35)34(38-40)32(25)26/h2-20,35,40H,1H2/p+1. The maximum Gasteiger partial charge on any atom is 0.147 e. The normalized spacial score (nSPS) is 13.7. The number of benzene rings is 4. The molecule has 2 heterocycles. The van der Waals surface area contributed by atoms with Gasteiger partial charge in [0.15, 0.2) is 0 Å². The summed E-state index contributed by atoms with van der Waals surface area (Å²) in [7, 11) is 0. The lowest BCUT2D eigenvalue weighted by molar-refractivity contribution is 1.07. The molecular weight excluding hydrogens is 510 g/mol. The minimum atomic E-state index is 0.361. The van der Waals surface area contributed by atoms with Crippen LogP contribution in [0, 0.1) is 5.41 Å². The van der Waals surface area contributed by atoms with Gasteiger partial charge in [0.05, 0.1) is 40.8 Å². The van der Waals surface area contributed by atoms with E-state index in [4.69, 9.17) is 15.4 Å². The largest absolute Gasteiger partial charge is 0.298 e. The number of nitrogens with one attached hydrogen (secondary N) is 1. The average molecular weight is 535 g/mol. The van der Waals surface area contributed by atoms with E-state index in [1.165, 1.54) is 0 Å². The van der Waals surface area contributed by atoms with Crippen molar-refractivity contribution in [2.24, 2.45) is 4.40 Å². The van der Waals surface area contributed by atoms with Crippen molar-refractivity contribution < 1.29 is 0 Å². The van der Waals surface area contributed by atoms with Crippen LogP contribution in [0.2, 0.25) is 0 Å². The molecule has 0 radical (unpaired) electrons. The molecule has 1 N–H and O–H groups in total. The molecule has 5 nitrogen and oxygen atoms in total. The first kappa shape index (κ1) is 24.0. The van der Waals surface area contributed by atoms with Crippen molar-refractivity contribution in [2.45, 2.75) is 0 Å². The zero-order valence-corrected chi connectivity index (χ0v) is 22.5. The summed E-state index contributed by atoms with van der Waals surface area (Å²) in [6, 6.07) is 33.0. The van der Waals surface area contributed by atoms with Crippen LogP contribution < -0.4 is 0 Å². The predicted octanol–water partition coefficient (Wildman–Crippen LogP) is 7.31. The van der Waals surface area contributed by atoms with E-state index in [-0.39, 0.29) is 0 Å². The summed E-state index contributed by atoms with van der Waals surface area (Å²) in [5.41, 5.74) is 10.7. The minimum Gasteiger partial charge on any atom is -0.298 e. The Kier molecular flexibility index (Phi) is 5.76. The van der Waals surface area contributed by atoms with E-state index in [2.05, 4.69) is 89.0 Å². The van der Waals surface area contributed by atoms with Crippen molar-refractivity contribution in [3.8, 4) is 28.1 Å². The molecule has 0 fully saturated rings. The van der Waals surface area contributed by atoms with Crippen LogP contribution in [0.3, 0.4) is 0 Å². The van der Waals surface area contributed by atoms with E-state index in [1.54, 1.807) is 12.2 Å². The molecule has 0 aliphatic heterocycles. The Morgan fingerprint density at radius 1 is 0.775 bits per heavy atom. The second-order valence-electron chi connectivity index (χ2n) is 9.60. The second-order valence-corrected chi connectivity index (χ2v) is 9.82.